The molecule has 27 heavy (non-hydrogen) atoms. The molecule has 0 atom stereocenters. The number of rotatable bonds is 5. The normalized spacial score (nSPS) is 11.0. The van der Waals surface area contributed by atoms with Gasteiger partial charge < -0.3 is 4.42 Å². The number of carbonyl (C=O) groups is 1. The molecule has 9 heteroatoms. The lowest BCUT2D eigenvalue weighted by Gasteiger charge is -2.12. The fraction of sp³-hybridized carbons (Fsp3) is 0.111. The van der Waals surface area contributed by atoms with Gasteiger partial charge in [0.25, 0.3) is 5.22 Å². The predicted molar refractivity (Wildman–Crippen MR) is 108 cm³/mol. The Balaban J connectivity index is 1.41. The second-order valence-corrected chi connectivity index (χ2v) is 7.96. The lowest BCUT2D eigenvalue weighted by atomic mass is 10.2. The summed E-state index contributed by atoms with van der Waals surface area (Å²) in [6.07, 6.45) is 0. The summed E-state index contributed by atoms with van der Waals surface area (Å²) in [5, 5.41) is 9.63. The molecule has 1 amide bonds. The zero-order valence-corrected chi connectivity index (χ0v) is 16.5. The Morgan fingerprint density at radius 3 is 2.74 bits per heavy atom. The van der Waals surface area contributed by atoms with E-state index in [2.05, 4.69) is 15.2 Å². The number of hydrogen-bond donors (Lipinski definition) is 0. The van der Waals surface area contributed by atoms with E-state index in [1.165, 1.54) is 23.1 Å². The Morgan fingerprint density at radius 1 is 1.19 bits per heavy atom. The highest BCUT2D eigenvalue weighted by Gasteiger charge is 2.17. The Morgan fingerprint density at radius 2 is 1.96 bits per heavy atom. The van der Waals surface area contributed by atoms with Crippen molar-refractivity contribution in [1.29, 1.82) is 0 Å². The van der Waals surface area contributed by atoms with E-state index in [0.717, 1.165) is 15.8 Å². The molecule has 136 valence electrons. The number of para-hydroxylation sites is 1. The monoisotopic (exact) mass is 416 g/mol. The minimum absolute atomic E-state index is 0.0923. The third kappa shape index (κ3) is 3.97. The quantitative estimate of drug-likeness (QED) is 0.437. The maximum Gasteiger partial charge on any atom is 0.277 e. The summed E-state index contributed by atoms with van der Waals surface area (Å²) < 4.78 is 6.65. The molecule has 0 fully saturated rings. The molecule has 0 unspecified atom stereocenters. The molecule has 0 N–H and O–H groups in total. The third-order valence-corrected chi connectivity index (χ3v) is 5.93. The maximum atomic E-state index is 12.5. The molecule has 0 aliphatic heterocycles. The molecule has 0 spiro atoms. The van der Waals surface area contributed by atoms with Crippen molar-refractivity contribution in [2.24, 2.45) is 0 Å². The van der Waals surface area contributed by atoms with Gasteiger partial charge in [-0.3, -0.25) is 9.69 Å². The molecule has 0 saturated carbocycles. The number of benzene rings is 2. The van der Waals surface area contributed by atoms with Crippen molar-refractivity contribution >= 4 is 56.0 Å². The Kier molecular flexibility index (Phi) is 5.11. The molecular formula is C18H13ClN4O2S2. The van der Waals surface area contributed by atoms with Crippen LogP contribution in [0.2, 0.25) is 5.02 Å². The highest BCUT2D eigenvalue weighted by atomic mass is 35.5. The van der Waals surface area contributed by atoms with Crippen molar-refractivity contribution in [3.8, 4) is 11.5 Å². The summed E-state index contributed by atoms with van der Waals surface area (Å²) in [6.45, 7) is 0. The van der Waals surface area contributed by atoms with Crippen LogP contribution in [0.3, 0.4) is 0 Å². The van der Waals surface area contributed by atoms with Gasteiger partial charge in [-0.1, -0.05) is 46.8 Å². The molecule has 0 bridgehead atoms. The second kappa shape index (κ2) is 7.67. The van der Waals surface area contributed by atoms with Crippen LogP contribution in [0.4, 0.5) is 5.13 Å². The van der Waals surface area contributed by atoms with E-state index in [1.807, 2.05) is 24.3 Å². The van der Waals surface area contributed by atoms with E-state index < -0.39 is 0 Å². The average Bonchev–Trinajstić information content (AvgIpc) is 3.33. The summed E-state index contributed by atoms with van der Waals surface area (Å²) in [4.78, 5) is 18.5. The van der Waals surface area contributed by atoms with Crippen molar-refractivity contribution in [1.82, 2.24) is 15.2 Å². The number of fused-ring (bicyclic) bond motifs is 1. The van der Waals surface area contributed by atoms with E-state index >= 15 is 0 Å². The molecule has 0 aliphatic rings. The fourth-order valence-electron chi connectivity index (χ4n) is 2.31. The lowest BCUT2D eigenvalue weighted by Crippen LogP contribution is -2.27. The Labute approximate surface area is 168 Å². The van der Waals surface area contributed by atoms with Crippen LogP contribution in [0.5, 0.6) is 0 Å². The van der Waals surface area contributed by atoms with Gasteiger partial charge in [-0.25, -0.2) is 4.98 Å². The topological polar surface area (TPSA) is 72.1 Å². The number of carbonyl (C=O) groups excluding carboxylic acids is 1. The predicted octanol–water partition coefficient (Wildman–Crippen LogP) is 4.75. The number of nitrogens with zero attached hydrogens (tertiary/aromatic N) is 4. The number of aromatic nitrogens is 3. The molecule has 4 rings (SSSR count). The zero-order chi connectivity index (χ0) is 18.8. The molecule has 2 aromatic heterocycles. The molecule has 6 nitrogen and oxygen atoms in total. The fourth-order valence-corrected chi connectivity index (χ4v) is 4.06. The minimum Gasteiger partial charge on any atom is -0.411 e. The van der Waals surface area contributed by atoms with Crippen LogP contribution in [0.15, 0.2) is 58.2 Å². The molecule has 0 saturated heterocycles. The van der Waals surface area contributed by atoms with E-state index in [-0.39, 0.29) is 11.7 Å². The van der Waals surface area contributed by atoms with Crippen LogP contribution in [-0.2, 0) is 4.79 Å². The van der Waals surface area contributed by atoms with Crippen molar-refractivity contribution < 1.29 is 9.21 Å². The third-order valence-electron chi connectivity index (χ3n) is 3.76. The number of thioether (sulfide) groups is 1. The van der Waals surface area contributed by atoms with E-state index in [4.69, 9.17) is 16.0 Å². The Bertz CT molecular complexity index is 1060. The number of amides is 1. The van der Waals surface area contributed by atoms with Crippen molar-refractivity contribution in [2.75, 3.05) is 17.7 Å². The van der Waals surface area contributed by atoms with Crippen molar-refractivity contribution in [3.05, 3.63) is 53.6 Å². The molecule has 2 heterocycles. The molecule has 0 aliphatic carbocycles. The van der Waals surface area contributed by atoms with Gasteiger partial charge in [0.2, 0.25) is 11.8 Å². The number of anilines is 1. The van der Waals surface area contributed by atoms with Crippen LogP contribution < -0.4 is 4.90 Å². The van der Waals surface area contributed by atoms with Crippen molar-refractivity contribution in [2.45, 2.75) is 5.22 Å². The first-order valence-electron chi connectivity index (χ1n) is 7.94. The second-order valence-electron chi connectivity index (χ2n) is 5.59. The Hall–Kier alpha value is -2.42. The van der Waals surface area contributed by atoms with Crippen molar-refractivity contribution in [3.63, 3.8) is 0 Å². The first-order valence-corrected chi connectivity index (χ1v) is 10.1. The standard InChI is InChI=1S/C18H13ClN4O2S2/c1-23(17-20-13-4-2-3-5-14(13)27-17)15(24)10-26-18-22-21-16(25-18)11-6-8-12(19)9-7-11/h2-9H,10H2,1H3. The SMILES string of the molecule is CN(C(=O)CSc1nnc(-c2ccc(Cl)cc2)o1)c1nc2ccccc2s1. The summed E-state index contributed by atoms with van der Waals surface area (Å²) in [5.74, 6) is 0.473. The summed E-state index contributed by atoms with van der Waals surface area (Å²) >= 11 is 8.55. The van der Waals surface area contributed by atoms with Crippen LogP contribution in [0.1, 0.15) is 0 Å². The van der Waals surface area contributed by atoms with Gasteiger partial charge in [-0.05, 0) is 36.4 Å². The van der Waals surface area contributed by atoms with Crippen LogP contribution in [0, 0.1) is 0 Å². The van der Waals surface area contributed by atoms with Gasteiger partial charge in [-0.2, -0.15) is 0 Å². The van der Waals surface area contributed by atoms with Gasteiger partial charge in [0, 0.05) is 17.6 Å². The highest BCUT2D eigenvalue weighted by Crippen LogP contribution is 2.29. The van der Waals surface area contributed by atoms with Crippen LogP contribution >= 0.6 is 34.7 Å². The summed E-state index contributed by atoms with van der Waals surface area (Å²) in [7, 11) is 1.72. The highest BCUT2D eigenvalue weighted by molar-refractivity contribution is 7.99. The van der Waals surface area contributed by atoms with Gasteiger partial charge in [0.15, 0.2) is 5.13 Å². The summed E-state index contributed by atoms with van der Waals surface area (Å²) in [5.41, 5.74) is 1.66. The van der Waals surface area contributed by atoms with E-state index in [1.54, 1.807) is 36.2 Å². The van der Waals surface area contributed by atoms with Crippen LogP contribution in [0.25, 0.3) is 21.7 Å². The number of thiazole rings is 1. The van der Waals surface area contributed by atoms with Gasteiger partial charge >= 0.3 is 0 Å². The number of halogens is 1. The molecule has 2 aromatic carbocycles. The van der Waals surface area contributed by atoms with E-state index in [0.29, 0.717) is 21.3 Å². The first kappa shape index (κ1) is 18.0. The van der Waals surface area contributed by atoms with Crippen LogP contribution in [-0.4, -0.2) is 33.9 Å². The van der Waals surface area contributed by atoms with Gasteiger partial charge in [0.05, 0.1) is 16.0 Å². The molecule has 4 aromatic rings. The average molecular weight is 417 g/mol. The number of hydrogen-bond acceptors (Lipinski definition) is 7. The molecule has 0 radical (unpaired) electrons. The largest absolute Gasteiger partial charge is 0.411 e. The zero-order valence-electron chi connectivity index (χ0n) is 14.1. The smallest absolute Gasteiger partial charge is 0.277 e. The van der Waals surface area contributed by atoms with Gasteiger partial charge in [-0.15, -0.1) is 10.2 Å². The van der Waals surface area contributed by atoms with Gasteiger partial charge in [0.1, 0.15) is 0 Å². The lowest BCUT2D eigenvalue weighted by molar-refractivity contribution is -0.115. The molecular weight excluding hydrogens is 404 g/mol. The first-order chi connectivity index (χ1) is 13.1. The summed E-state index contributed by atoms with van der Waals surface area (Å²) in [6, 6.07) is 14.9. The maximum absolute atomic E-state index is 12.5. The van der Waals surface area contributed by atoms with E-state index in [9.17, 15) is 4.79 Å². The minimum atomic E-state index is -0.0923.